The molecule has 0 radical (unpaired) electrons. The number of nitrogens with zero attached hydrogens (tertiary/aromatic N) is 3. The van der Waals surface area contributed by atoms with Crippen LogP contribution in [0.3, 0.4) is 0 Å². The van der Waals surface area contributed by atoms with Crippen LogP contribution in [0.15, 0.2) is 41.1 Å². The van der Waals surface area contributed by atoms with E-state index in [2.05, 4.69) is 25.9 Å². The Labute approximate surface area is 120 Å². The van der Waals surface area contributed by atoms with E-state index in [1.165, 1.54) is 6.33 Å². The lowest BCUT2D eigenvalue weighted by atomic mass is 10.2. The van der Waals surface area contributed by atoms with E-state index < -0.39 is 0 Å². The van der Waals surface area contributed by atoms with Crippen molar-refractivity contribution in [1.82, 2.24) is 9.97 Å². The largest absolute Gasteiger partial charge is 0.395 e. The normalized spacial score (nSPS) is 10.4. The van der Waals surface area contributed by atoms with Gasteiger partial charge in [0.05, 0.1) is 6.61 Å². The third-order valence-corrected chi connectivity index (χ3v) is 3.44. The third-order valence-electron chi connectivity index (χ3n) is 2.68. The lowest BCUT2D eigenvalue weighted by Gasteiger charge is -2.24. The molecule has 0 unspecified atom stereocenters. The Morgan fingerprint density at radius 3 is 2.63 bits per heavy atom. The zero-order valence-corrected chi connectivity index (χ0v) is 11.9. The number of hydrogen-bond acceptors (Lipinski definition) is 5. The maximum Gasteiger partial charge on any atom is 0.148 e. The van der Waals surface area contributed by atoms with Crippen LogP contribution in [0, 0.1) is 0 Å². The predicted octanol–water partition coefficient (Wildman–Crippen LogP) is 1.82. The van der Waals surface area contributed by atoms with Crippen LogP contribution in [-0.4, -0.2) is 28.2 Å². The number of aliphatic hydroxyl groups excluding tert-OH is 1. The Bertz CT molecular complexity index is 535. The van der Waals surface area contributed by atoms with Crippen molar-refractivity contribution in [2.75, 3.05) is 23.8 Å². The first-order valence-electron chi connectivity index (χ1n) is 5.88. The molecule has 0 bridgehead atoms. The zero-order valence-electron chi connectivity index (χ0n) is 10.3. The van der Waals surface area contributed by atoms with Gasteiger partial charge < -0.3 is 15.7 Å². The van der Waals surface area contributed by atoms with Gasteiger partial charge in [-0.15, -0.1) is 0 Å². The SMILES string of the molecule is Nc1ncnc(N(CCO)Cc2ccccc2)c1Br. The van der Waals surface area contributed by atoms with E-state index in [1.807, 2.05) is 35.2 Å². The number of nitrogens with two attached hydrogens (primary N) is 1. The summed E-state index contributed by atoms with van der Waals surface area (Å²) in [5, 5.41) is 9.20. The number of anilines is 2. The molecule has 19 heavy (non-hydrogen) atoms. The molecular weight excluding hydrogens is 308 g/mol. The number of nitrogen functional groups attached to an aromatic ring is 1. The van der Waals surface area contributed by atoms with Crippen LogP contribution in [0.5, 0.6) is 0 Å². The highest BCUT2D eigenvalue weighted by molar-refractivity contribution is 9.10. The summed E-state index contributed by atoms with van der Waals surface area (Å²) < 4.78 is 0.652. The summed E-state index contributed by atoms with van der Waals surface area (Å²) in [6.07, 6.45) is 1.42. The number of halogens is 1. The van der Waals surface area contributed by atoms with Crippen LogP contribution in [0.2, 0.25) is 0 Å². The number of rotatable bonds is 5. The number of benzene rings is 1. The molecule has 3 N–H and O–H groups in total. The highest BCUT2D eigenvalue weighted by Gasteiger charge is 2.14. The first-order valence-corrected chi connectivity index (χ1v) is 6.67. The van der Waals surface area contributed by atoms with Gasteiger partial charge in [-0.3, -0.25) is 0 Å². The molecule has 1 aromatic carbocycles. The van der Waals surface area contributed by atoms with Crippen molar-refractivity contribution in [3.63, 3.8) is 0 Å². The maximum absolute atomic E-state index is 9.20. The Balaban J connectivity index is 2.27. The molecule has 100 valence electrons. The molecule has 1 heterocycles. The lowest BCUT2D eigenvalue weighted by molar-refractivity contribution is 0.301. The first kappa shape index (κ1) is 13.8. The van der Waals surface area contributed by atoms with Gasteiger partial charge in [-0.2, -0.15) is 0 Å². The van der Waals surface area contributed by atoms with Gasteiger partial charge >= 0.3 is 0 Å². The third kappa shape index (κ3) is 3.42. The average molecular weight is 323 g/mol. The molecule has 6 heteroatoms. The summed E-state index contributed by atoms with van der Waals surface area (Å²) in [7, 11) is 0. The van der Waals surface area contributed by atoms with Gasteiger partial charge in [0.1, 0.15) is 22.4 Å². The van der Waals surface area contributed by atoms with Gasteiger partial charge in [0, 0.05) is 13.1 Å². The van der Waals surface area contributed by atoms with Crippen molar-refractivity contribution >= 4 is 27.6 Å². The van der Waals surface area contributed by atoms with Gasteiger partial charge in [0.25, 0.3) is 0 Å². The van der Waals surface area contributed by atoms with E-state index >= 15 is 0 Å². The maximum atomic E-state index is 9.20. The highest BCUT2D eigenvalue weighted by atomic mass is 79.9. The van der Waals surface area contributed by atoms with Crippen LogP contribution in [0.4, 0.5) is 11.6 Å². The second-order valence-corrected chi connectivity index (χ2v) is 4.82. The molecule has 0 saturated heterocycles. The topological polar surface area (TPSA) is 75.3 Å². The minimum absolute atomic E-state index is 0.0448. The Hall–Kier alpha value is -1.66. The van der Waals surface area contributed by atoms with Crippen LogP contribution in [0.25, 0.3) is 0 Å². The fourth-order valence-corrected chi connectivity index (χ4v) is 2.23. The molecule has 0 aliphatic heterocycles. The van der Waals surface area contributed by atoms with Crippen molar-refractivity contribution in [2.24, 2.45) is 0 Å². The second-order valence-electron chi connectivity index (χ2n) is 4.03. The minimum Gasteiger partial charge on any atom is -0.395 e. The van der Waals surface area contributed by atoms with Gasteiger partial charge in [0.15, 0.2) is 0 Å². The van der Waals surface area contributed by atoms with E-state index in [4.69, 9.17) is 5.73 Å². The number of hydrogen-bond donors (Lipinski definition) is 2. The second kappa shape index (κ2) is 6.49. The Kier molecular flexibility index (Phi) is 4.70. The standard InChI is InChI=1S/C13H15BrN4O/c14-11-12(15)16-9-17-13(11)18(6-7-19)8-10-4-2-1-3-5-10/h1-5,9,19H,6-8H2,(H2,15,16,17). The molecule has 2 aromatic rings. The Morgan fingerprint density at radius 1 is 1.21 bits per heavy atom. The molecule has 0 amide bonds. The average Bonchev–Trinajstić information content (AvgIpc) is 2.43. The molecular formula is C13H15BrN4O. The fourth-order valence-electron chi connectivity index (χ4n) is 1.78. The molecule has 2 rings (SSSR count). The molecule has 0 fully saturated rings. The minimum atomic E-state index is 0.0448. The van der Waals surface area contributed by atoms with Gasteiger partial charge in [-0.05, 0) is 21.5 Å². The monoisotopic (exact) mass is 322 g/mol. The van der Waals surface area contributed by atoms with Crippen LogP contribution in [-0.2, 0) is 6.54 Å². The fraction of sp³-hybridized carbons (Fsp3) is 0.231. The quantitative estimate of drug-likeness (QED) is 0.878. The van der Waals surface area contributed by atoms with Crippen LogP contribution < -0.4 is 10.6 Å². The van der Waals surface area contributed by atoms with E-state index in [-0.39, 0.29) is 6.61 Å². The molecule has 0 aliphatic rings. The predicted molar refractivity (Wildman–Crippen MR) is 78.7 cm³/mol. The van der Waals surface area contributed by atoms with E-state index in [0.717, 1.165) is 5.56 Å². The molecule has 0 saturated carbocycles. The van der Waals surface area contributed by atoms with E-state index in [1.54, 1.807) is 0 Å². The van der Waals surface area contributed by atoms with Crippen LogP contribution >= 0.6 is 15.9 Å². The van der Waals surface area contributed by atoms with Gasteiger partial charge in [-0.25, -0.2) is 9.97 Å². The summed E-state index contributed by atoms with van der Waals surface area (Å²) in [5.41, 5.74) is 6.90. The van der Waals surface area contributed by atoms with E-state index in [9.17, 15) is 5.11 Å². The Morgan fingerprint density at radius 2 is 1.95 bits per heavy atom. The van der Waals surface area contributed by atoms with Gasteiger partial charge in [-0.1, -0.05) is 30.3 Å². The van der Waals surface area contributed by atoms with Crippen molar-refractivity contribution in [3.8, 4) is 0 Å². The lowest BCUT2D eigenvalue weighted by Crippen LogP contribution is -2.27. The molecule has 0 spiro atoms. The van der Waals surface area contributed by atoms with Crippen molar-refractivity contribution in [1.29, 1.82) is 0 Å². The molecule has 5 nitrogen and oxygen atoms in total. The summed E-state index contributed by atoms with van der Waals surface area (Å²) >= 11 is 3.39. The zero-order chi connectivity index (χ0) is 13.7. The smallest absolute Gasteiger partial charge is 0.148 e. The molecule has 1 aromatic heterocycles. The summed E-state index contributed by atoms with van der Waals surface area (Å²) in [6, 6.07) is 10.00. The first-order chi connectivity index (χ1) is 9.22. The summed E-state index contributed by atoms with van der Waals surface area (Å²) in [4.78, 5) is 10.1. The van der Waals surface area contributed by atoms with Gasteiger partial charge in [0.2, 0.25) is 0 Å². The molecule has 0 aliphatic carbocycles. The molecule has 0 atom stereocenters. The van der Waals surface area contributed by atoms with Crippen molar-refractivity contribution in [3.05, 3.63) is 46.7 Å². The number of aromatic nitrogens is 2. The van der Waals surface area contributed by atoms with Crippen LogP contribution in [0.1, 0.15) is 5.56 Å². The van der Waals surface area contributed by atoms with Crippen molar-refractivity contribution < 1.29 is 5.11 Å². The van der Waals surface area contributed by atoms with E-state index in [0.29, 0.717) is 29.2 Å². The number of aliphatic hydroxyl groups is 1. The van der Waals surface area contributed by atoms with Crippen molar-refractivity contribution in [2.45, 2.75) is 6.54 Å². The highest BCUT2D eigenvalue weighted by Crippen LogP contribution is 2.28. The summed E-state index contributed by atoms with van der Waals surface area (Å²) in [6.45, 7) is 1.17. The summed E-state index contributed by atoms with van der Waals surface area (Å²) in [5.74, 6) is 1.08.